The number of fused-ring (bicyclic) bond motifs is 1. The first kappa shape index (κ1) is 29.2. The molecule has 0 bridgehead atoms. The van der Waals surface area contributed by atoms with Crippen LogP contribution in [-0.4, -0.2) is 48.6 Å². The first-order chi connectivity index (χ1) is 21.3. The first-order valence-corrected chi connectivity index (χ1v) is 14.4. The van der Waals surface area contributed by atoms with Gasteiger partial charge in [-0.1, -0.05) is 0 Å². The minimum absolute atomic E-state index is 0.114. The number of piperidine rings is 1. The van der Waals surface area contributed by atoms with Gasteiger partial charge in [0.25, 0.3) is 0 Å². The predicted octanol–water partition coefficient (Wildman–Crippen LogP) is 5.44. The second-order valence-electron chi connectivity index (χ2n) is 10.9. The van der Waals surface area contributed by atoms with Gasteiger partial charge in [-0.15, -0.1) is 0 Å². The van der Waals surface area contributed by atoms with Gasteiger partial charge in [0.15, 0.2) is 23.1 Å². The molecule has 228 valence electrons. The van der Waals surface area contributed by atoms with Crippen molar-refractivity contribution in [3.8, 4) is 23.1 Å². The molecule has 6 rings (SSSR count). The summed E-state index contributed by atoms with van der Waals surface area (Å²) < 4.78 is 45.8. The summed E-state index contributed by atoms with van der Waals surface area (Å²) in [6, 6.07) is 12.6. The van der Waals surface area contributed by atoms with Gasteiger partial charge in [-0.3, -0.25) is 9.59 Å². The number of carbonyl (C=O) groups excluding carboxylic acids is 2. The van der Waals surface area contributed by atoms with Crippen molar-refractivity contribution in [3.05, 3.63) is 72.6 Å². The van der Waals surface area contributed by atoms with Crippen molar-refractivity contribution in [1.82, 2.24) is 15.3 Å². The van der Waals surface area contributed by atoms with E-state index in [4.69, 9.17) is 14.2 Å². The van der Waals surface area contributed by atoms with E-state index in [1.54, 1.807) is 12.1 Å². The Kier molecular flexibility index (Phi) is 8.25. The third-order valence-corrected chi connectivity index (χ3v) is 7.94. The van der Waals surface area contributed by atoms with Crippen LogP contribution in [0.2, 0.25) is 0 Å². The van der Waals surface area contributed by atoms with Crippen LogP contribution in [0.5, 0.6) is 23.1 Å². The zero-order chi connectivity index (χ0) is 30.7. The number of benzene rings is 3. The summed E-state index contributed by atoms with van der Waals surface area (Å²) in [5.41, 5.74) is -0.215. The van der Waals surface area contributed by atoms with E-state index < -0.39 is 28.9 Å². The summed E-state index contributed by atoms with van der Waals surface area (Å²) in [7, 11) is 1.54. The van der Waals surface area contributed by atoms with Crippen LogP contribution in [0.1, 0.15) is 25.7 Å². The Morgan fingerprint density at radius 2 is 1.61 bits per heavy atom. The Labute approximate surface area is 252 Å². The maximum atomic E-state index is 15.2. The molecule has 1 saturated carbocycles. The van der Waals surface area contributed by atoms with Crippen molar-refractivity contribution in [3.63, 3.8) is 0 Å². The van der Waals surface area contributed by atoms with E-state index in [9.17, 15) is 14.0 Å². The third kappa shape index (κ3) is 6.25. The normalized spacial score (nSPS) is 15.8. The Morgan fingerprint density at radius 3 is 2.30 bits per heavy atom. The molecule has 0 atom stereocenters. The average molecular weight is 604 g/mol. The molecular formula is C32H31F2N5O5. The predicted molar refractivity (Wildman–Crippen MR) is 159 cm³/mol. The molecule has 0 unspecified atom stereocenters. The molecule has 2 fully saturated rings. The van der Waals surface area contributed by atoms with Crippen LogP contribution in [0, 0.1) is 23.0 Å². The van der Waals surface area contributed by atoms with Crippen molar-refractivity contribution in [2.75, 3.05) is 37.4 Å². The molecule has 4 aromatic rings. The number of hydrogen-bond acceptors (Lipinski definition) is 8. The number of amides is 2. The van der Waals surface area contributed by atoms with Gasteiger partial charge in [0.1, 0.15) is 17.6 Å². The lowest BCUT2D eigenvalue weighted by Gasteiger charge is -2.23. The number of rotatable bonds is 10. The number of nitrogens with zero attached hydrogens (tertiary/aromatic N) is 2. The fourth-order valence-electron chi connectivity index (χ4n) is 5.13. The van der Waals surface area contributed by atoms with Gasteiger partial charge in [-0.25, -0.2) is 18.7 Å². The molecule has 3 aromatic carbocycles. The summed E-state index contributed by atoms with van der Waals surface area (Å²) in [6.45, 7) is 2.50. The number of nitrogens with one attached hydrogen (secondary N) is 3. The van der Waals surface area contributed by atoms with Gasteiger partial charge in [-0.2, -0.15) is 0 Å². The second kappa shape index (κ2) is 12.4. The van der Waals surface area contributed by atoms with Gasteiger partial charge in [0.05, 0.1) is 24.6 Å². The molecule has 12 heteroatoms. The fourth-order valence-corrected chi connectivity index (χ4v) is 5.13. The van der Waals surface area contributed by atoms with Crippen LogP contribution in [0.15, 0.2) is 60.9 Å². The molecule has 0 radical (unpaired) electrons. The highest BCUT2D eigenvalue weighted by Gasteiger charge is 2.56. The molecular weight excluding hydrogens is 572 g/mol. The molecule has 2 aliphatic rings. The van der Waals surface area contributed by atoms with E-state index >= 15 is 4.39 Å². The highest BCUT2D eigenvalue weighted by Crippen LogP contribution is 2.47. The highest BCUT2D eigenvalue weighted by molar-refractivity contribution is 6.16. The summed E-state index contributed by atoms with van der Waals surface area (Å²) in [6.07, 6.45) is 4.07. The maximum absolute atomic E-state index is 15.2. The quantitative estimate of drug-likeness (QED) is 0.205. The molecule has 2 heterocycles. The molecule has 2 amide bonds. The first-order valence-electron chi connectivity index (χ1n) is 14.4. The second-order valence-corrected chi connectivity index (χ2v) is 10.9. The number of methoxy groups -OCH3 is 1. The van der Waals surface area contributed by atoms with Crippen LogP contribution in [0.4, 0.5) is 20.2 Å². The minimum atomic E-state index is -1.28. The number of anilines is 2. The van der Waals surface area contributed by atoms with Crippen LogP contribution in [0.3, 0.4) is 0 Å². The molecule has 3 N–H and O–H groups in total. The molecule has 1 aliphatic carbocycles. The molecule has 1 aliphatic heterocycles. The van der Waals surface area contributed by atoms with E-state index in [2.05, 4.69) is 25.9 Å². The van der Waals surface area contributed by atoms with Crippen molar-refractivity contribution in [2.24, 2.45) is 11.3 Å². The fraction of sp³-hybridized carbons (Fsp3) is 0.312. The van der Waals surface area contributed by atoms with Gasteiger partial charge in [-0.05, 0) is 87.2 Å². The smallest absolute Gasteiger partial charge is 0.240 e. The van der Waals surface area contributed by atoms with E-state index in [0.29, 0.717) is 53.5 Å². The zero-order valence-corrected chi connectivity index (χ0v) is 24.0. The van der Waals surface area contributed by atoms with Gasteiger partial charge >= 0.3 is 0 Å². The van der Waals surface area contributed by atoms with E-state index in [0.717, 1.165) is 32.0 Å². The van der Waals surface area contributed by atoms with E-state index in [1.807, 2.05) is 0 Å². The number of carbonyl (C=O) groups is 2. The van der Waals surface area contributed by atoms with Crippen LogP contribution < -0.4 is 30.2 Å². The van der Waals surface area contributed by atoms with Crippen molar-refractivity contribution in [1.29, 1.82) is 0 Å². The van der Waals surface area contributed by atoms with Crippen molar-refractivity contribution >= 4 is 34.1 Å². The standard InChI is InChI=1S/C32H31F2N5O5/c1-42-27-15-23-25(16-28(27)43-17-19-8-12-35-13-9-19)36-18-37-29(23)44-26-7-6-22(14-24(26)34)39-31(41)32(10-11-32)30(40)38-21-4-2-20(33)3-5-21/h2-7,14-16,18-19,35H,8-13,17H2,1H3,(H,38,40)(H,39,41). The Morgan fingerprint density at radius 1 is 0.909 bits per heavy atom. The van der Waals surface area contributed by atoms with E-state index in [1.165, 1.54) is 49.8 Å². The molecule has 1 saturated heterocycles. The van der Waals surface area contributed by atoms with Crippen LogP contribution >= 0.6 is 0 Å². The van der Waals surface area contributed by atoms with E-state index in [-0.39, 0.29) is 17.3 Å². The Hall–Kier alpha value is -4.84. The van der Waals surface area contributed by atoms with Crippen LogP contribution in [0.25, 0.3) is 10.9 Å². The van der Waals surface area contributed by atoms with Gasteiger partial charge in [0, 0.05) is 23.5 Å². The summed E-state index contributed by atoms with van der Waals surface area (Å²) in [5.74, 6) is -0.784. The summed E-state index contributed by atoms with van der Waals surface area (Å²) in [5, 5.41) is 9.11. The zero-order valence-electron chi connectivity index (χ0n) is 24.0. The number of halogens is 2. The molecule has 0 spiro atoms. The molecule has 44 heavy (non-hydrogen) atoms. The number of aromatic nitrogens is 2. The summed E-state index contributed by atoms with van der Waals surface area (Å²) >= 11 is 0. The number of hydrogen-bond donors (Lipinski definition) is 3. The lowest BCUT2D eigenvalue weighted by Crippen LogP contribution is -2.35. The average Bonchev–Trinajstić information content (AvgIpc) is 3.85. The SMILES string of the molecule is COc1cc2c(Oc3ccc(NC(=O)C4(C(=O)Nc5ccc(F)cc5)CC4)cc3F)ncnc2cc1OCC1CCNCC1. The largest absolute Gasteiger partial charge is 0.493 e. The third-order valence-electron chi connectivity index (χ3n) is 7.94. The monoisotopic (exact) mass is 603 g/mol. The summed E-state index contributed by atoms with van der Waals surface area (Å²) in [4.78, 5) is 34.4. The highest BCUT2D eigenvalue weighted by atomic mass is 19.1. The lowest BCUT2D eigenvalue weighted by molar-refractivity contribution is -0.131. The minimum Gasteiger partial charge on any atom is -0.493 e. The van der Waals surface area contributed by atoms with Gasteiger partial charge in [0.2, 0.25) is 17.7 Å². The topological polar surface area (TPSA) is 124 Å². The van der Waals surface area contributed by atoms with Crippen LogP contribution in [-0.2, 0) is 9.59 Å². The number of ether oxygens (including phenoxy) is 3. The van der Waals surface area contributed by atoms with Crippen molar-refractivity contribution < 1.29 is 32.6 Å². The van der Waals surface area contributed by atoms with Gasteiger partial charge < -0.3 is 30.2 Å². The molecule has 1 aromatic heterocycles. The lowest BCUT2D eigenvalue weighted by atomic mass is 9.99. The maximum Gasteiger partial charge on any atom is 0.240 e. The van der Waals surface area contributed by atoms with Crippen molar-refractivity contribution in [2.45, 2.75) is 25.7 Å². The Balaban J connectivity index is 1.14. The Bertz CT molecular complexity index is 1690. The molecule has 10 nitrogen and oxygen atoms in total.